The maximum atomic E-state index is 10.5. The van der Waals surface area contributed by atoms with Crippen LogP contribution in [0.1, 0.15) is 6.92 Å². The van der Waals surface area contributed by atoms with Gasteiger partial charge < -0.3 is 4.74 Å². The fourth-order valence-electron chi connectivity index (χ4n) is 1.09. The lowest BCUT2D eigenvalue weighted by Gasteiger charge is -2.11. The minimum atomic E-state index is -0.575. The highest BCUT2D eigenvalue weighted by Gasteiger charge is 2.14. The van der Waals surface area contributed by atoms with Crippen molar-refractivity contribution in [2.24, 2.45) is 4.99 Å². The molecule has 0 aromatic heterocycles. The van der Waals surface area contributed by atoms with Gasteiger partial charge >= 0.3 is 0 Å². The molecule has 0 radical (unpaired) electrons. The molecule has 1 unspecified atom stereocenters. The largest absolute Gasteiger partial charge is 0.494 e. The summed E-state index contributed by atoms with van der Waals surface area (Å²) in [5.41, 5.74) is 0.277. The standard InChI is InChI=1S/C10H9NO3/c1-2-14-9-3-4-10(11-7-13)8(5-9)6-12/h3-5,10H,2H2,1H3. The molecular formula is C10H9NO3. The van der Waals surface area contributed by atoms with E-state index < -0.39 is 6.04 Å². The molecule has 0 amide bonds. The molecule has 0 N–H and O–H groups in total. The number of nitrogens with zero attached hydrogens (tertiary/aromatic N) is 1. The number of allylic oxidation sites excluding steroid dienone is 1. The van der Waals surface area contributed by atoms with Crippen LogP contribution in [0.5, 0.6) is 0 Å². The van der Waals surface area contributed by atoms with Gasteiger partial charge in [-0.05, 0) is 19.1 Å². The van der Waals surface area contributed by atoms with E-state index in [1.54, 1.807) is 18.1 Å². The van der Waals surface area contributed by atoms with Crippen LogP contribution in [0.2, 0.25) is 0 Å². The van der Waals surface area contributed by atoms with Crippen LogP contribution in [0.25, 0.3) is 0 Å². The number of ether oxygens (including phenoxy) is 1. The third kappa shape index (κ3) is 2.30. The van der Waals surface area contributed by atoms with Gasteiger partial charge in [-0.2, -0.15) is 4.99 Å². The Morgan fingerprint density at radius 1 is 1.57 bits per heavy atom. The van der Waals surface area contributed by atoms with Gasteiger partial charge in [-0.1, -0.05) is 6.08 Å². The predicted molar refractivity (Wildman–Crippen MR) is 50.0 cm³/mol. The minimum Gasteiger partial charge on any atom is -0.494 e. The van der Waals surface area contributed by atoms with E-state index in [1.807, 2.05) is 6.92 Å². The number of carbonyl (C=O) groups excluding carboxylic acids is 2. The Labute approximate surface area is 81.3 Å². The van der Waals surface area contributed by atoms with Crippen molar-refractivity contribution in [2.75, 3.05) is 6.61 Å². The average Bonchev–Trinajstić information content (AvgIpc) is 2.21. The zero-order valence-electron chi connectivity index (χ0n) is 7.69. The van der Waals surface area contributed by atoms with Gasteiger partial charge in [0.05, 0.1) is 12.2 Å². The van der Waals surface area contributed by atoms with E-state index in [9.17, 15) is 9.59 Å². The molecule has 0 bridgehead atoms. The Balaban J connectivity index is 2.91. The van der Waals surface area contributed by atoms with Gasteiger partial charge in [0.2, 0.25) is 6.08 Å². The van der Waals surface area contributed by atoms with Crippen molar-refractivity contribution < 1.29 is 14.3 Å². The monoisotopic (exact) mass is 191 g/mol. The molecule has 1 atom stereocenters. The van der Waals surface area contributed by atoms with E-state index in [2.05, 4.69) is 4.99 Å². The molecule has 0 aromatic rings. The quantitative estimate of drug-likeness (QED) is 0.379. The highest BCUT2D eigenvalue weighted by molar-refractivity contribution is 5.63. The Kier molecular flexibility index (Phi) is 3.62. The van der Waals surface area contributed by atoms with Gasteiger partial charge in [-0.3, -0.25) is 0 Å². The number of isocyanates is 1. The summed E-state index contributed by atoms with van der Waals surface area (Å²) in [6.45, 7) is 2.36. The molecule has 14 heavy (non-hydrogen) atoms. The van der Waals surface area contributed by atoms with Crippen LogP contribution < -0.4 is 0 Å². The number of aliphatic imine (C=N–C) groups is 1. The fourth-order valence-corrected chi connectivity index (χ4v) is 1.09. The van der Waals surface area contributed by atoms with Gasteiger partial charge in [-0.15, -0.1) is 0 Å². The van der Waals surface area contributed by atoms with E-state index in [1.165, 1.54) is 12.2 Å². The maximum Gasteiger partial charge on any atom is 0.235 e. The third-order valence-electron chi connectivity index (χ3n) is 1.68. The van der Waals surface area contributed by atoms with Crippen molar-refractivity contribution in [3.05, 3.63) is 29.6 Å². The van der Waals surface area contributed by atoms with Crippen molar-refractivity contribution in [2.45, 2.75) is 13.0 Å². The number of rotatable bonds is 3. The molecular weight excluding hydrogens is 182 g/mol. The molecule has 1 aliphatic carbocycles. The van der Waals surface area contributed by atoms with Gasteiger partial charge in [0, 0.05) is 0 Å². The van der Waals surface area contributed by atoms with E-state index in [-0.39, 0.29) is 5.57 Å². The SMILES string of the molecule is CCOC1=CC(=C=O)C(N=C=O)C=C1. The third-order valence-corrected chi connectivity index (χ3v) is 1.68. The number of hydrogen-bond donors (Lipinski definition) is 0. The molecule has 0 fully saturated rings. The maximum absolute atomic E-state index is 10.5. The first-order valence-electron chi connectivity index (χ1n) is 4.16. The smallest absolute Gasteiger partial charge is 0.235 e. The summed E-state index contributed by atoms with van der Waals surface area (Å²) < 4.78 is 5.18. The van der Waals surface area contributed by atoms with Crippen molar-refractivity contribution >= 4 is 12.0 Å². The summed E-state index contributed by atoms with van der Waals surface area (Å²) in [7, 11) is 0. The van der Waals surface area contributed by atoms with Crippen LogP contribution in [0, 0.1) is 0 Å². The topological polar surface area (TPSA) is 55.7 Å². The summed E-state index contributed by atoms with van der Waals surface area (Å²) in [4.78, 5) is 24.0. The molecule has 4 nitrogen and oxygen atoms in total. The van der Waals surface area contributed by atoms with Crippen molar-refractivity contribution in [3.63, 3.8) is 0 Å². The lowest BCUT2D eigenvalue weighted by atomic mass is 10.0. The Morgan fingerprint density at radius 3 is 2.93 bits per heavy atom. The van der Waals surface area contributed by atoms with Crippen molar-refractivity contribution in [3.8, 4) is 0 Å². The lowest BCUT2D eigenvalue weighted by molar-refractivity contribution is 0.241. The Bertz CT molecular complexity index is 369. The van der Waals surface area contributed by atoms with Crippen molar-refractivity contribution in [1.29, 1.82) is 0 Å². The normalized spacial score (nSPS) is 19.4. The van der Waals surface area contributed by atoms with Crippen LogP contribution in [-0.2, 0) is 14.3 Å². The molecule has 0 saturated heterocycles. The van der Waals surface area contributed by atoms with Gasteiger partial charge in [0.1, 0.15) is 17.7 Å². The first-order valence-corrected chi connectivity index (χ1v) is 4.16. The zero-order valence-corrected chi connectivity index (χ0v) is 7.69. The van der Waals surface area contributed by atoms with Crippen LogP contribution >= 0.6 is 0 Å². The Hall–Kier alpha value is -1.89. The summed E-state index contributed by atoms with van der Waals surface area (Å²) in [6.07, 6.45) is 6.17. The zero-order chi connectivity index (χ0) is 10.4. The highest BCUT2D eigenvalue weighted by Crippen LogP contribution is 2.17. The van der Waals surface area contributed by atoms with Crippen LogP contribution in [0.4, 0.5) is 0 Å². The second-order valence-corrected chi connectivity index (χ2v) is 2.56. The second kappa shape index (κ2) is 4.97. The van der Waals surface area contributed by atoms with Gasteiger partial charge in [0.25, 0.3) is 0 Å². The fraction of sp³-hybridized carbons (Fsp3) is 0.300. The highest BCUT2D eigenvalue weighted by atomic mass is 16.5. The first-order chi connectivity index (χ1) is 6.81. The molecule has 0 heterocycles. The Morgan fingerprint density at radius 2 is 2.36 bits per heavy atom. The summed E-state index contributed by atoms with van der Waals surface area (Å²) in [5, 5.41) is 0. The summed E-state index contributed by atoms with van der Waals surface area (Å²) in [6, 6.07) is -0.575. The molecule has 72 valence electrons. The average molecular weight is 191 g/mol. The molecule has 1 aliphatic rings. The van der Waals surface area contributed by atoms with E-state index in [0.29, 0.717) is 12.4 Å². The van der Waals surface area contributed by atoms with Crippen LogP contribution in [-0.4, -0.2) is 24.7 Å². The van der Waals surface area contributed by atoms with Crippen molar-refractivity contribution in [1.82, 2.24) is 0 Å². The summed E-state index contributed by atoms with van der Waals surface area (Å²) >= 11 is 0. The molecule has 0 saturated carbocycles. The van der Waals surface area contributed by atoms with Crippen LogP contribution in [0.15, 0.2) is 34.6 Å². The molecule has 4 heteroatoms. The first kappa shape index (κ1) is 10.2. The van der Waals surface area contributed by atoms with Gasteiger partial charge in [-0.25, -0.2) is 9.59 Å². The van der Waals surface area contributed by atoms with E-state index in [0.717, 1.165) is 0 Å². The molecule has 0 aromatic carbocycles. The van der Waals surface area contributed by atoms with E-state index in [4.69, 9.17) is 4.74 Å². The van der Waals surface area contributed by atoms with Gasteiger partial charge in [0.15, 0.2) is 0 Å². The lowest BCUT2D eigenvalue weighted by Crippen LogP contribution is -2.09. The van der Waals surface area contributed by atoms with E-state index >= 15 is 0 Å². The molecule has 0 spiro atoms. The number of hydrogen-bond acceptors (Lipinski definition) is 4. The predicted octanol–water partition coefficient (Wildman–Crippen LogP) is 0.939. The molecule has 0 aliphatic heterocycles. The van der Waals surface area contributed by atoms with Crippen LogP contribution in [0.3, 0.4) is 0 Å². The second-order valence-electron chi connectivity index (χ2n) is 2.56. The minimum absolute atomic E-state index is 0.277. The molecule has 1 rings (SSSR count). The summed E-state index contributed by atoms with van der Waals surface area (Å²) in [5.74, 6) is 2.29.